The normalized spacial score (nSPS) is 11.4. The first kappa shape index (κ1) is 28.2. The molecule has 4 aromatic rings. The van der Waals surface area contributed by atoms with Gasteiger partial charge in [0.05, 0.1) is 18.2 Å². The Labute approximate surface area is 229 Å². The van der Waals surface area contributed by atoms with Crippen molar-refractivity contribution >= 4 is 5.97 Å². The van der Waals surface area contributed by atoms with Crippen LogP contribution in [0.25, 0.3) is 11.1 Å². The van der Waals surface area contributed by atoms with E-state index in [4.69, 9.17) is 14.7 Å². The molecule has 0 radical (unpaired) electrons. The van der Waals surface area contributed by atoms with Crippen molar-refractivity contribution in [1.82, 2.24) is 5.32 Å². The molecule has 0 saturated heterocycles. The molecule has 0 spiro atoms. The van der Waals surface area contributed by atoms with Crippen molar-refractivity contribution in [2.45, 2.75) is 25.8 Å². The van der Waals surface area contributed by atoms with Crippen molar-refractivity contribution < 1.29 is 33.3 Å². The van der Waals surface area contributed by atoms with Gasteiger partial charge in [-0.3, -0.25) is 10.1 Å². The second kappa shape index (κ2) is 13.3. The van der Waals surface area contributed by atoms with E-state index in [0.717, 1.165) is 5.56 Å². The van der Waals surface area contributed by atoms with E-state index in [1.807, 2.05) is 0 Å². The maximum atomic E-state index is 15.3. The number of aliphatic hydroxyl groups is 1. The van der Waals surface area contributed by atoms with Gasteiger partial charge in [-0.2, -0.15) is 5.26 Å². The zero-order chi connectivity index (χ0) is 28.5. The minimum absolute atomic E-state index is 0.0741. The van der Waals surface area contributed by atoms with Crippen LogP contribution >= 0.6 is 0 Å². The Bertz CT molecular complexity index is 1540. The first-order chi connectivity index (χ1) is 19.4. The molecular formula is C31H26F2N2O5. The summed E-state index contributed by atoms with van der Waals surface area (Å²) in [5, 5.41) is 30.5. The average Bonchev–Trinajstić information content (AvgIpc) is 2.97. The van der Waals surface area contributed by atoms with Gasteiger partial charge in [-0.05, 0) is 29.8 Å². The summed E-state index contributed by atoms with van der Waals surface area (Å²) >= 11 is 0. The Morgan fingerprint density at radius 2 is 1.68 bits per heavy atom. The van der Waals surface area contributed by atoms with Crippen LogP contribution in [0.5, 0.6) is 11.5 Å². The fourth-order valence-corrected chi connectivity index (χ4v) is 4.00. The Hall–Kier alpha value is -4.78. The lowest BCUT2D eigenvalue weighted by Crippen LogP contribution is -2.39. The van der Waals surface area contributed by atoms with Gasteiger partial charge in [0.2, 0.25) is 0 Å². The van der Waals surface area contributed by atoms with Gasteiger partial charge in [0.25, 0.3) is 0 Å². The highest BCUT2D eigenvalue weighted by Gasteiger charge is 2.17. The lowest BCUT2D eigenvalue weighted by molar-refractivity contribution is -0.140. The number of nitrogens with one attached hydrogen (secondary N) is 1. The highest BCUT2D eigenvalue weighted by molar-refractivity contribution is 5.73. The maximum absolute atomic E-state index is 15.3. The van der Waals surface area contributed by atoms with Crippen molar-refractivity contribution in [3.05, 3.63) is 119 Å². The quantitative estimate of drug-likeness (QED) is 0.225. The fraction of sp³-hybridized carbons (Fsp3) is 0.161. The van der Waals surface area contributed by atoms with Crippen molar-refractivity contribution in [3.8, 4) is 28.7 Å². The van der Waals surface area contributed by atoms with Gasteiger partial charge in [-0.1, -0.05) is 54.6 Å². The standard InChI is InChI=1S/C31H26F2N2O5/c32-27-10-2-1-8-25(27)26-9-4-7-23(30(26)33)19-39-24-12-11-22(16-35-28(17-36)31(37)38)29(14-24)40-18-21-6-3-5-20(13-21)15-34/h1-14,28,35-36H,16-19H2,(H,37,38)/t28-/m0/s1. The molecule has 0 unspecified atom stereocenters. The molecule has 9 heteroatoms. The van der Waals surface area contributed by atoms with Crippen LogP contribution in [-0.2, 0) is 24.6 Å². The Balaban J connectivity index is 1.54. The molecule has 0 aliphatic heterocycles. The molecule has 0 saturated carbocycles. The largest absolute Gasteiger partial charge is 0.489 e. The van der Waals surface area contributed by atoms with Crippen LogP contribution in [0.15, 0.2) is 84.9 Å². The number of carbonyl (C=O) groups is 1. The van der Waals surface area contributed by atoms with Crippen molar-refractivity contribution in [1.29, 1.82) is 5.26 Å². The van der Waals surface area contributed by atoms with E-state index in [9.17, 15) is 19.4 Å². The molecule has 0 heterocycles. The van der Waals surface area contributed by atoms with Crippen LogP contribution in [-0.4, -0.2) is 28.8 Å². The van der Waals surface area contributed by atoms with Crippen molar-refractivity contribution in [2.75, 3.05) is 6.61 Å². The van der Waals surface area contributed by atoms with E-state index < -0.39 is 30.3 Å². The molecule has 4 rings (SSSR count). The number of ether oxygens (including phenoxy) is 2. The van der Waals surface area contributed by atoms with Gasteiger partial charge in [0.1, 0.15) is 42.4 Å². The lowest BCUT2D eigenvalue weighted by atomic mass is 10.0. The van der Waals surface area contributed by atoms with E-state index in [-0.39, 0.29) is 36.4 Å². The van der Waals surface area contributed by atoms with Gasteiger partial charge in [0.15, 0.2) is 0 Å². The number of carboxylic acid groups (broad SMARTS) is 1. The molecular weight excluding hydrogens is 518 g/mol. The summed E-state index contributed by atoms with van der Waals surface area (Å²) in [7, 11) is 0. The summed E-state index contributed by atoms with van der Waals surface area (Å²) in [6.07, 6.45) is 0. The van der Waals surface area contributed by atoms with E-state index in [1.54, 1.807) is 60.7 Å². The smallest absolute Gasteiger partial charge is 0.323 e. The Morgan fingerprint density at radius 1 is 0.900 bits per heavy atom. The molecule has 1 atom stereocenters. The van der Waals surface area contributed by atoms with Gasteiger partial charge in [-0.25, -0.2) is 8.78 Å². The molecule has 0 aromatic heterocycles. The predicted molar refractivity (Wildman–Crippen MR) is 143 cm³/mol. The Kier molecular flexibility index (Phi) is 9.41. The zero-order valence-corrected chi connectivity index (χ0v) is 21.3. The van der Waals surface area contributed by atoms with E-state index in [0.29, 0.717) is 22.6 Å². The third kappa shape index (κ3) is 6.99. The molecule has 3 N–H and O–H groups in total. The third-order valence-corrected chi connectivity index (χ3v) is 6.15. The number of rotatable bonds is 12. The first-order valence-corrected chi connectivity index (χ1v) is 12.4. The van der Waals surface area contributed by atoms with Crippen LogP contribution in [0, 0.1) is 23.0 Å². The average molecular weight is 545 g/mol. The number of aliphatic carboxylic acids is 1. The summed E-state index contributed by atoms with van der Waals surface area (Å²) in [5.74, 6) is -1.59. The first-order valence-electron chi connectivity index (χ1n) is 12.4. The van der Waals surface area contributed by atoms with Crippen LogP contribution in [0.3, 0.4) is 0 Å². The second-order valence-corrected chi connectivity index (χ2v) is 8.87. The van der Waals surface area contributed by atoms with Crippen LogP contribution in [0.2, 0.25) is 0 Å². The molecule has 7 nitrogen and oxygen atoms in total. The molecule has 0 amide bonds. The minimum atomic E-state index is -1.20. The number of hydrogen-bond donors (Lipinski definition) is 3. The van der Waals surface area contributed by atoms with Crippen LogP contribution < -0.4 is 14.8 Å². The second-order valence-electron chi connectivity index (χ2n) is 8.87. The molecule has 40 heavy (non-hydrogen) atoms. The molecule has 204 valence electrons. The summed E-state index contributed by atoms with van der Waals surface area (Å²) in [4.78, 5) is 11.3. The summed E-state index contributed by atoms with van der Waals surface area (Å²) in [5.41, 5.74) is 2.33. The number of carboxylic acids is 1. The van der Waals surface area contributed by atoms with Gasteiger partial charge >= 0.3 is 5.97 Å². The highest BCUT2D eigenvalue weighted by Crippen LogP contribution is 2.30. The van der Waals surface area contributed by atoms with Crippen LogP contribution in [0.4, 0.5) is 8.78 Å². The van der Waals surface area contributed by atoms with E-state index >= 15 is 4.39 Å². The molecule has 0 bridgehead atoms. The Morgan fingerprint density at radius 3 is 2.42 bits per heavy atom. The van der Waals surface area contributed by atoms with E-state index in [1.165, 1.54) is 24.3 Å². The molecule has 0 fully saturated rings. The number of hydrogen-bond acceptors (Lipinski definition) is 6. The third-order valence-electron chi connectivity index (χ3n) is 6.15. The number of aliphatic hydroxyl groups excluding tert-OH is 1. The number of nitrogens with zero attached hydrogens (tertiary/aromatic N) is 1. The van der Waals surface area contributed by atoms with Gasteiger partial charge < -0.3 is 19.7 Å². The zero-order valence-electron chi connectivity index (χ0n) is 21.3. The topological polar surface area (TPSA) is 112 Å². The van der Waals surface area contributed by atoms with Gasteiger partial charge in [-0.15, -0.1) is 0 Å². The molecule has 0 aliphatic carbocycles. The van der Waals surface area contributed by atoms with Crippen LogP contribution in [0.1, 0.15) is 22.3 Å². The molecule has 0 aliphatic rings. The number of nitriles is 1. The van der Waals surface area contributed by atoms with Crippen molar-refractivity contribution in [3.63, 3.8) is 0 Å². The predicted octanol–water partition coefficient (Wildman–Crippen LogP) is 5.20. The lowest BCUT2D eigenvalue weighted by Gasteiger charge is -2.17. The SMILES string of the molecule is N#Cc1cccc(COc2cc(OCc3cccc(-c4ccccc4F)c3F)ccc2CN[C@@H](CO)C(=O)O)c1. The summed E-state index contributed by atoms with van der Waals surface area (Å²) < 4.78 is 41.4. The minimum Gasteiger partial charge on any atom is -0.489 e. The van der Waals surface area contributed by atoms with Gasteiger partial charge in [0, 0.05) is 34.9 Å². The fourth-order valence-electron chi connectivity index (χ4n) is 4.00. The molecule has 4 aromatic carbocycles. The van der Waals surface area contributed by atoms with Crippen molar-refractivity contribution in [2.24, 2.45) is 0 Å². The number of benzene rings is 4. The van der Waals surface area contributed by atoms with E-state index in [2.05, 4.69) is 11.4 Å². The monoisotopic (exact) mass is 544 g/mol. The number of halogens is 2. The maximum Gasteiger partial charge on any atom is 0.323 e. The summed E-state index contributed by atoms with van der Waals surface area (Å²) in [6, 6.07) is 23.3. The highest BCUT2D eigenvalue weighted by atomic mass is 19.1. The summed E-state index contributed by atoms with van der Waals surface area (Å²) in [6.45, 7) is -0.537.